The van der Waals surface area contributed by atoms with Crippen molar-refractivity contribution < 1.29 is 9.59 Å². The molecule has 3 aromatic carbocycles. The lowest BCUT2D eigenvalue weighted by Gasteiger charge is -2.11. The second kappa shape index (κ2) is 8.92. The zero-order valence-electron chi connectivity index (χ0n) is 15.2. The van der Waals surface area contributed by atoms with Gasteiger partial charge in [0.1, 0.15) is 0 Å². The summed E-state index contributed by atoms with van der Waals surface area (Å²) in [6.07, 6.45) is 0. The molecule has 0 atom stereocenters. The summed E-state index contributed by atoms with van der Waals surface area (Å²) in [6, 6.07) is 24.1. The minimum absolute atomic E-state index is 0.159. The molecular weight excluding hydrogens is 370 g/mol. The third-order valence-corrected chi connectivity index (χ3v) is 4.30. The zero-order chi connectivity index (χ0) is 19.9. The average molecular weight is 389 g/mol. The summed E-state index contributed by atoms with van der Waals surface area (Å²) in [7, 11) is 1.57. The summed E-state index contributed by atoms with van der Waals surface area (Å²) < 4.78 is 0. The quantitative estimate of drug-likeness (QED) is 0.593. The standard InChI is InChI=1S/C22H19N3O2S/c1-23-20(26)18-8-5-9-19(14-18)24-22(28)25-21(27)17-12-10-16(11-13-17)15-6-3-2-4-7-15/h2-14H,1H3,(H,23,26)(H2,24,25,27,28). The molecule has 3 rings (SSSR count). The van der Waals surface area contributed by atoms with Gasteiger partial charge in [-0.1, -0.05) is 48.5 Å². The van der Waals surface area contributed by atoms with Crippen LogP contribution in [-0.4, -0.2) is 24.0 Å². The molecule has 28 heavy (non-hydrogen) atoms. The molecule has 3 aromatic rings. The fourth-order valence-electron chi connectivity index (χ4n) is 2.66. The van der Waals surface area contributed by atoms with Gasteiger partial charge in [0.05, 0.1) is 0 Å². The fraction of sp³-hybridized carbons (Fsp3) is 0.0455. The lowest BCUT2D eigenvalue weighted by Crippen LogP contribution is -2.34. The maximum Gasteiger partial charge on any atom is 0.257 e. The first-order valence-corrected chi connectivity index (χ1v) is 9.07. The van der Waals surface area contributed by atoms with Gasteiger partial charge in [-0.25, -0.2) is 0 Å². The molecule has 0 aliphatic heterocycles. The van der Waals surface area contributed by atoms with Gasteiger partial charge in [-0.15, -0.1) is 0 Å². The largest absolute Gasteiger partial charge is 0.355 e. The molecular formula is C22H19N3O2S. The van der Waals surface area contributed by atoms with E-state index in [1.165, 1.54) is 0 Å². The number of hydrogen-bond donors (Lipinski definition) is 3. The maximum atomic E-state index is 12.4. The molecule has 0 bridgehead atoms. The first-order valence-electron chi connectivity index (χ1n) is 8.67. The van der Waals surface area contributed by atoms with E-state index < -0.39 is 0 Å². The van der Waals surface area contributed by atoms with Crippen molar-refractivity contribution >= 4 is 34.8 Å². The van der Waals surface area contributed by atoms with Crippen LogP contribution in [0.3, 0.4) is 0 Å². The Kier molecular flexibility index (Phi) is 6.14. The molecule has 0 aromatic heterocycles. The van der Waals surface area contributed by atoms with Crippen LogP contribution in [0.15, 0.2) is 78.9 Å². The number of amides is 2. The third kappa shape index (κ3) is 4.81. The van der Waals surface area contributed by atoms with Crippen LogP contribution in [0.25, 0.3) is 11.1 Å². The summed E-state index contributed by atoms with van der Waals surface area (Å²) in [6.45, 7) is 0. The second-order valence-corrected chi connectivity index (χ2v) is 6.42. The Balaban J connectivity index is 1.63. The number of nitrogens with one attached hydrogen (secondary N) is 3. The Labute approximate surface area is 168 Å². The average Bonchev–Trinajstić information content (AvgIpc) is 2.74. The molecule has 0 aliphatic rings. The zero-order valence-corrected chi connectivity index (χ0v) is 16.0. The highest BCUT2D eigenvalue weighted by Crippen LogP contribution is 2.19. The number of carbonyl (C=O) groups is 2. The van der Waals surface area contributed by atoms with Crippen LogP contribution in [0, 0.1) is 0 Å². The number of carbonyl (C=O) groups excluding carboxylic acids is 2. The van der Waals surface area contributed by atoms with Gasteiger partial charge in [0.15, 0.2) is 5.11 Å². The topological polar surface area (TPSA) is 70.2 Å². The van der Waals surface area contributed by atoms with Gasteiger partial charge >= 0.3 is 0 Å². The molecule has 6 heteroatoms. The van der Waals surface area contributed by atoms with Crippen molar-refractivity contribution in [2.75, 3.05) is 12.4 Å². The van der Waals surface area contributed by atoms with Crippen LogP contribution in [-0.2, 0) is 0 Å². The van der Waals surface area contributed by atoms with E-state index in [-0.39, 0.29) is 16.9 Å². The van der Waals surface area contributed by atoms with E-state index in [9.17, 15) is 9.59 Å². The van der Waals surface area contributed by atoms with Gasteiger partial charge in [0.25, 0.3) is 11.8 Å². The highest BCUT2D eigenvalue weighted by Gasteiger charge is 2.09. The number of thiocarbonyl (C=S) groups is 1. The van der Waals surface area contributed by atoms with Gasteiger partial charge in [0.2, 0.25) is 0 Å². The highest BCUT2D eigenvalue weighted by molar-refractivity contribution is 7.80. The van der Waals surface area contributed by atoms with Gasteiger partial charge in [-0.2, -0.15) is 0 Å². The van der Waals surface area contributed by atoms with Gasteiger partial charge in [-0.05, 0) is 53.7 Å². The van der Waals surface area contributed by atoms with Crippen LogP contribution in [0.1, 0.15) is 20.7 Å². The summed E-state index contributed by atoms with van der Waals surface area (Å²) in [4.78, 5) is 24.1. The Morgan fingerprint density at radius 3 is 2.11 bits per heavy atom. The first-order chi connectivity index (χ1) is 13.6. The highest BCUT2D eigenvalue weighted by atomic mass is 32.1. The smallest absolute Gasteiger partial charge is 0.257 e. The Morgan fingerprint density at radius 1 is 0.750 bits per heavy atom. The van der Waals surface area contributed by atoms with E-state index in [0.717, 1.165) is 11.1 Å². The number of anilines is 1. The van der Waals surface area contributed by atoms with E-state index in [1.54, 1.807) is 43.4 Å². The van der Waals surface area contributed by atoms with Crippen molar-refractivity contribution in [1.29, 1.82) is 0 Å². The molecule has 0 heterocycles. The molecule has 0 saturated carbocycles. The molecule has 0 spiro atoms. The van der Waals surface area contributed by atoms with Crippen LogP contribution in [0.5, 0.6) is 0 Å². The Bertz CT molecular complexity index is 1000. The summed E-state index contributed by atoms with van der Waals surface area (Å²) >= 11 is 5.21. The maximum absolute atomic E-state index is 12.4. The molecule has 140 valence electrons. The first kappa shape index (κ1) is 19.3. The Hall–Kier alpha value is -3.51. The van der Waals surface area contributed by atoms with Crippen molar-refractivity contribution in [1.82, 2.24) is 10.6 Å². The van der Waals surface area contributed by atoms with Crippen molar-refractivity contribution in [3.05, 3.63) is 90.0 Å². The molecule has 2 amide bonds. The minimum Gasteiger partial charge on any atom is -0.355 e. The molecule has 0 saturated heterocycles. The van der Waals surface area contributed by atoms with Crippen molar-refractivity contribution in [3.63, 3.8) is 0 Å². The number of rotatable bonds is 4. The monoisotopic (exact) mass is 389 g/mol. The number of hydrogen-bond acceptors (Lipinski definition) is 3. The third-order valence-electron chi connectivity index (χ3n) is 4.09. The second-order valence-electron chi connectivity index (χ2n) is 6.01. The van der Waals surface area contributed by atoms with Crippen molar-refractivity contribution in [2.24, 2.45) is 0 Å². The fourth-order valence-corrected chi connectivity index (χ4v) is 2.88. The SMILES string of the molecule is CNC(=O)c1cccc(NC(=S)NC(=O)c2ccc(-c3ccccc3)cc2)c1. The summed E-state index contributed by atoms with van der Waals surface area (Å²) in [5.74, 6) is -0.503. The molecule has 0 radical (unpaired) electrons. The van der Waals surface area contributed by atoms with E-state index >= 15 is 0 Å². The predicted molar refractivity (Wildman–Crippen MR) is 115 cm³/mol. The van der Waals surface area contributed by atoms with Crippen LogP contribution in [0.4, 0.5) is 5.69 Å². The van der Waals surface area contributed by atoms with Crippen LogP contribution < -0.4 is 16.0 Å². The van der Waals surface area contributed by atoms with Crippen LogP contribution in [0.2, 0.25) is 0 Å². The lowest BCUT2D eigenvalue weighted by molar-refractivity contribution is 0.0959. The summed E-state index contributed by atoms with van der Waals surface area (Å²) in [5, 5.41) is 8.29. The van der Waals surface area contributed by atoms with Gasteiger partial charge in [0, 0.05) is 23.9 Å². The van der Waals surface area contributed by atoms with Gasteiger partial charge < -0.3 is 10.6 Å². The van der Waals surface area contributed by atoms with E-state index in [4.69, 9.17) is 12.2 Å². The predicted octanol–water partition coefficient (Wildman–Crippen LogP) is 3.84. The van der Waals surface area contributed by atoms with E-state index in [0.29, 0.717) is 16.8 Å². The molecule has 5 nitrogen and oxygen atoms in total. The van der Waals surface area contributed by atoms with Crippen molar-refractivity contribution in [3.8, 4) is 11.1 Å². The normalized spacial score (nSPS) is 10.0. The molecule has 0 fully saturated rings. The van der Waals surface area contributed by atoms with Crippen LogP contribution >= 0.6 is 12.2 Å². The minimum atomic E-state index is -0.306. The van der Waals surface area contributed by atoms with Crippen molar-refractivity contribution in [2.45, 2.75) is 0 Å². The lowest BCUT2D eigenvalue weighted by atomic mass is 10.0. The van der Waals surface area contributed by atoms with E-state index in [1.807, 2.05) is 42.5 Å². The Morgan fingerprint density at radius 2 is 1.43 bits per heavy atom. The molecule has 0 unspecified atom stereocenters. The molecule has 0 aliphatic carbocycles. The molecule has 3 N–H and O–H groups in total. The van der Waals surface area contributed by atoms with Gasteiger partial charge in [-0.3, -0.25) is 14.9 Å². The summed E-state index contributed by atoms with van der Waals surface area (Å²) in [5.41, 5.74) is 3.73. The van der Waals surface area contributed by atoms with E-state index in [2.05, 4.69) is 16.0 Å². The number of benzene rings is 3.